The Morgan fingerprint density at radius 2 is 2.09 bits per heavy atom. The van der Waals surface area contributed by atoms with E-state index in [-0.39, 0.29) is 24.0 Å². The van der Waals surface area contributed by atoms with Crippen LogP contribution >= 0.6 is 24.0 Å². The van der Waals surface area contributed by atoms with Gasteiger partial charge >= 0.3 is 0 Å². The van der Waals surface area contributed by atoms with Gasteiger partial charge in [-0.3, -0.25) is 4.99 Å². The molecule has 2 N–H and O–H groups in total. The molecule has 0 amide bonds. The van der Waals surface area contributed by atoms with Crippen LogP contribution in [0.3, 0.4) is 0 Å². The summed E-state index contributed by atoms with van der Waals surface area (Å²) < 4.78 is 10.3. The van der Waals surface area contributed by atoms with Crippen LogP contribution in [0.4, 0.5) is 0 Å². The van der Waals surface area contributed by atoms with Gasteiger partial charge in [-0.05, 0) is 39.0 Å². The lowest BCUT2D eigenvalue weighted by Crippen LogP contribution is -2.38. The number of halogens is 1. The van der Waals surface area contributed by atoms with Crippen LogP contribution in [0.1, 0.15) is 39.0 Å². The second kappa shape index (κ2) is 15.6. The van der Waals surface area contributed by atoms with E-state index in [9.17, 15) is 0 Å². The molecule has 0 saturated heterocycles. The molecule has 0 fully saturated rings. The minimum Gasteiger partial charge on any atom is -0.382 e. The molecule has 1 rings (SSSR count). The molecule has 0 radical (unpaired) electrons. The number of nitrogens with zero attached hydrogens (tertiary/aromatic N) is 1. The molecule has 130 valence electrons. The molecule has 0 heterocycles. The number of hydrogen-bond acceptors (Lipinski definition) is 3. The van der Waals surface area contributed by atoms with Gasteiger partial charge in [0.25, 0.3) is 0 Å². The van der Waals surface area contributed by atoms with Gasteiger partial charge in [-0.2, -0.15) is 0 Å². The maximum absolute atomic E-state index is 5.41. The first kappa shape index (κ1) is 21.7. The molecule has 0 aromatic rings. The lowest BCUT2D eigenvalue weighted by molar-refractivity contribution is 0.0748. The Bertz CT molecular complexity index is 323. The summed E-state index contributed by atoms with van der Waals surface area (Å²) in [6.45, 7) is 6.46. The van der Waals surface area contributed by atoms with Crippen LogP contribution < -0.4 is 10.6 Å². The predicted octanol–water partition coefficient (Wildman–Crippen LogP) is 2.71. The molecule has 0 aromatic heterocycles. The predicted molar refractivity (Wildman–Crippen MR) is 103 cm³/mol. The van der Waals surface area contributed by atoms with Gasteiger partial charge in [0.05, 0.1) is 26.4 Å². The third-order valence-corrected chi connectivity index (χ3v) is 3.41. The number of guanidine groups is 1. The van der Waals surface area contributed by atoms with Crippen LogP contribution in [0.5, 0.6) is 0 Å². The Labute approximate surface area is 152 Å². The van der Waals surface area contributed by atoms with E-state index in [1.165, 1.54) is 25.7 Å². The molecule has 0 saturated carbocycles. The van der Waals surface area contributed by atoms with Crippen molar-refractivity contribution in [3.8, 4) is 0 Å². The van der Waals surface area contributed by atoms with Crippen molar-refractivity contribution in [2.75, 3.05) is 46.6 Å². The standard InChI is InChI=1S/C16H31N3O2.HI/c1-3-17-16(19-11-12-21-14-13-20-2)18-10-9-15-7-5-4-6-8-15;/h7H,3-6,8-14H2,1-2H3,(H2,17,18,19);1H. The van der Waals surface area contributed by atoms with Crippen molar-refractivity contribution in [3.05, 3.63) is 11.6 Å². The van der Waals surface area contributed by atoms with Gasteiger partial charge in [0.15, 0.2) is 5.96 Å². The highest BCUT2D eigenvalue weighted by molar-refractivity contribution is 14.0. The fourth-order valence-corrected chi connectivity index (χ4v) is 2.28. The van der Waals surface area contributed by atoms with Gasteiger partial charge in [-0.15, -0.1) is 24.0 Å². The van der Waals surface area contributed by atoms with Gasteiger partial charge in [0.2, 0.25) is 0 Å². The highest BCUT2D eigenvalue weighted by atomic mass is 127. The Hall–Kier alpha value is -0.340. The van der Waals surface area contributed by atoms with Gasteiger partial charge in [-0.1, -0.05) is 11.6 Å². The zero-order valence-electron chi connectivity index (χ0n) is 14.0. The number of nitrogens with one attached hydrogen (secondary N) is 2. The topological polar surface area (TPSA) is 54.9 Å². The van der Waals surface area contributed by atoms with Crippen molar-refractivity contribution in [3.63, 3.8) is 0 Å². The number of allylic oxidation sites excluding steroid dienone is 1. The number of ether oxygens (including phenoxy) is 2. The highest BCUT2D eigenvalue weighted by Crippen LogP contribution is 2.19. The fourth-order valence-electron chi connectivity index (χ4n) is 2.28. The van der Waals surface area contributed by atoms with Crippen LogP contribution in [0.15, 0.2) is 16.6 Å². The summed E-state index contributed by atoms with van der Waals surface area (Å²) in [6, 6.07) is 0. The molecular weight excluding hydrogens is 393 g/mol. The highest BCUT2D eigenvalue weighted by Gasteiger charge is 2.03. The van der Waals surface area contributed by atoms with Crippen molar-refractivity contribution >= 4 is 29.9 Å². The minimum atomic E-state index is 0. The first-order chi connectivity index (χ1) is 10.4. The van der Waals surface area contributed by atoms with Crippen LogP contribution in [-0.4, -0.2) is 52.5 Å². The average Bonchev–Trinajstić information content (AvgIpc) is 2.51. The summed E-state index contributed by atoms with van der Waals surface area (Å²) in [7, 11) is 1.68. The summed E-state index contributed by atoms with van der Waals surface area (Å²) in [4.78, 5) is 4.50. The van der Waals surface area contributed by atoms with Crippen LogP contribution in [0.25, 0.3) is 0 Å². The van der Waals surface area contributed by atoms with Crippen LogP contribution in [0, 0.1) is 0 Å². The Morgan fingerprint density at radius 1 is 1.23 bits per heavy atom. The minimum absolute atomic E-state index is 0. The maximum Gasteiger partial charge on any atom is 0.191 e. The number of rotatable bonds is 10. The Balaban J connectivity index is 0.00000441. The van der Waals surface area contributed by atoms with Gasteiger partial charge in [0.1, 0.15) is 0 Å². The molecule has 0 aromatic carbocycles. The van der Waals surface area contributed by atoms with Crippen LogP contribution in [-0.2, 0) is 9.47 Å². The quantitative estimate of drug-likeness (QED) is 0.186. The molecule has 22 heavy (non-hydrogen) atoms. The molecule has 0 unspecified atom stereocenters. The number of aliphatic imine (C=N–C) groups is 1. The van der Waals surface area contributed by atoms with Gasteiger partial charge < -0.3 is 20.1 Å². The Kier molecular flexibility index (Phi) is 15.3. The lowest BCUT2D eigenvalue weighted by atomic mass is 9.97. The fraction of sp³-hybridized carbons (Fsp3) is 0.812. The molecule has 0 atom stereocenters. The summed E-state index contributed by atoms with van der Waals surface area (Å²) in [5.41, 5.74) is 1.59. The first-order valence-electron chi connectivity index (χ1n) is 8.13. The molecule has 0 spiro atoms. The van der Waals surface area contributed by atoms with E-state index in [0.29, 0.717) is 26.4 Å². The summed E-state index contributed by atoms with van der Waals surface area (Å²) in [6.07, 6.45) is 8.74. The second-order valence-electron chi connectivity index (χ2n) is 5.15. The van der Waals surface area contributed by atoms with Crippen molar-refractivity contribution in [2.45, 2.75) is 39.0 Å². The largest absolute Gasteiger partial charge is 0.382 e. The smallest absolute Gasteiger partial charge is 0.191 e. The van der Waals surface area contributed by atoms with Crippen molar-refractivity contribution in [1.29, 1.82) is 0 Å². The van der Waals surface area contributed by atoms with E-state index in [1.807, 2.05) is 0 Å². The van der Waals surface area contributed by atoms with Crippen molar-refractivity contribution in [2.24, 2.45) is 4.99 Å². The molecule has 1 aliphatic rings. The van der Waals surface area contributed by atoms with Crippen molar-refractivity contribution in [1.82, 2.24) is 10.6 Å². The summed E-state index contributed by atoms with van der Waals surface area (Å²) in [5, 5.41) is 6.65. The SMILES string of the molecule is CCNC(=NCCOCCOC)NCCC1=CCCCC1.I. The van der Waals surface area contributed by atoms with E-state index in [0.717, 1.165) is 25.5 Å². The zero-order chi connectivity index (χ0) is 15.2. The maximum atomic E-state index is 5.41. The molecule has 1 aliphatic carbocycles. The zero-order valence-corrected chi connectivity index (χ0v) is 16.4. The van der Waals surface area contributed by atoms with E-state index >= 15 is 0 Å². The average molecular weight is 425 g/mol. The molecule has 6 heteroatoms. The molecule has 0 aliphatic heterocycles. The molecule has 0 bridgehead atoms. The third kappa shape index (κ3) is 11.3. The van der Waals surface area contributed by atoms with Gasteiger partial charge in [0, 0.05) is 20.2 Å². The van der Waals surface area contributed by atoms with Gasteiger partial charge in [-0.25, -0.2) is 0 Å². The Morgan fingerprint density at radius 3 is 2.77 bits per heavy atom. The number of methoxy groups -OCH3 is 1. The second-order valence-corrected chi connectivity index (χ2v) is 5.15. The monoisotopic (exact) mass is 425 g/mol. The molecular formula is C16H32IN3O2. The van der Waals surface area contributed by atoms with Crippen LogP contribution in [0.2, 0.25) is 0 Å². The van der Waals surface area contributed by atoms with E-state index in [4.69, 9.17) is 9.47 Å². The first-order valence-corrected chi connectivity index (χ1v) is 8.13. The third-order valence-electron chi connectivity index (χ3n) is 3.41. The summed E-state index contributed by atoms with van der Waals surface area (Å²) in [5.74, 6) is 0.879. The number of hydrogen-bond donors (Lipinski definition) is 2. The van der Waals surface area contributed by atoms with Crippen molar-refractivity contribution < 1.29 is 9.47 Å². The molecule has 5 nitrogen and oxygen atoms in total. The normalized spacial score (nSPS) is 15.0. The lowest BCUT2D eigenvalue weighted by Gasteiger charge is -2.15. The summed E-state index contributed by atoms with van der Waals surface area (Å²) >= 11 is 0. The van der Waals surface area contributed by atoms with E-state index in [2.05, 4.69) is 28.6 Å². The van der Waals surface area contributed by atoms with E-state index in [1.54, 1.807) is 12.7 Å². The van der Waals surface area contributed by atoms with E-state index < -0.39 is 0 Å².